The summed E-state index contributed by atoms with van der Waals surface area (Å²) in [6.45, 7) is 0.528. The van der Waals surface area contributed by atoms with Crippen LogP contribution in [0.3, 0.4) is 0 Å². The molecule has 1 saturated heterocycles. The van der Waals surface area contributed by atoms with Gasteiger partial charge in [0, 0.05) is 28.3 Å². The molecule has 1 atom stereocenters. The molecule has 9 heteroatoms. The number of benzene rings is 2. The molecule has 0 radical (unpaired) electrons. The Morgan fingerprint density at radius 1 is 1.27 bits per heavy atom. The van der Waals surface area contributed by atoms with Gasteiger partial charge in [0.05, 0.1) is 5.56 Å². The van der Waals surface area contributed by atoms with E-state index in [0.717, 1.165) is 23.1 Å². The minimum atomic E-state index is -4.02. The zero-order chi connectivity index (χ0) is 18.9. The quantitative estimate of drug-likeness (QED) is 0.805. The van der Waals surface area contributed by atoms with Gasteiger partial charge in [-0.2, -0.15) is 4.31 Å². The molecule has 26 heavy (non-hydrogen) atoms. The third-order valence-corrected chi connectivity index (χ3v) is 7.38. The number of hydrogen-bond donors (Lipinski definition) is 1. The van der Waals surface area contributed by atoms with E-state index in [0.29, 0.717) is 11.4 Å². The van der Waals surface area contributed by atoms with Crippen molar-refractivity contribution in [3.8, 4) is 0 Å². The van der Waals surface area contributed by atoms with Crippen LogP contribution in [-0.4, -0.2) is 42.1 Å². The summed E-state index contributed by atoms with van der Waals surface area (Å²) in [5.41, 5.74) is -0.294. The van der Waals surface area contributed by atoms with E-state index in [4.69, 9.17) is 16.7 Å². The van der Waals surface area contributed by atoms with Crippen molar-refractivity contribution >= 4 is 39.4 Å². The van der Waals surface area contributed by atoms with Gasteiger partial charge in [-0.1, -0.05) is 17.7 Å². The van der Waals surface area contributed by atoms with Gasteiger partial charge >= 0.3 is 5.97 Å². The van der Waals surface area contributed by atoms with Gasteiger partial charge in [0.1, 0.15) is 10.7 Å². The molecule has 0 amide bonds. The lowest BCUT2D eigenvalue weighted by atomic mass is 10.2. The minimum Gasteiger partial charge on any atom is -0.478 e. The zero-order valence-corrected chi connectivity index (χ0v) is 15.8. The van der Waals surface area contributed by atoms with Crippen molar-refractivity contribution < 1.29 is 22.7 Å². The van der Waals surface area contributed by atoms with Crippen LogP contribution in [0.15, 0.2) is 52.3 Å². The van der Waals surface area contributed by atoms with Gasteiger partial charge in [-0.05, 0) is 42.8 Å². The molecule has 2 aromatic rings. The van der Waals surface area contributed by atoms with Crippen LogP contribution in [0.1, 0.15) is 16.8 Å². The van der Waals surface area contributed by atoms with Gasteiger partial charge in [-0.3, -0.25) is 0 Å². The first kappa shape index (κ1) is 19.2. The van der Waals surface area contributed by atoms with Gasteiger partial charge in [-0.25, -0.2) is 17.6 Å². The summed E-state index contributed by atoms with van der Waals surface area (Å²) in [7, 11) is -4.02. The summed E-state index contributed by atoms with van der Waals surface area (Å²) in [4.78, 5) is 11.3. The molecule has 1 aliphatic heterocycles. The molecule has 1 N–H and O–H groups in total. The number of carboxylic acids is 1. The summed E-state index contributed by atoms with van der Waals surface area (Å²) in [5, 5.41) is 9.51. The standard InChI is InChI=1S/C17H15ClFNO4S2/c18-12-2-1-3-13(9-12)25-14-6-7-20(10-14)26(23,24)16-5-4-11(17(21)22)8-15(16)19/h1-5,8-9,14H,6-7,10H2,(H,21,22). The molecule has 1 unspecified atom stereocenters. The van der Waals surface area contributed by atoms with Gasteiger partial charge < -0.3 is 5.11 Å². The molecule has 0 aliphatic carbocycles. The van der Waals surface area contributed by atoms with Gasteiger partial charge in [0.15, 0.2) is 0 Å². The lowest BCUT2D eigenvalue weighted by Crippen LogP contribution is -2.30. The second-order valence-corrected chi connectivity index (χ2v) is 9.52. The molecule has 2 aromatic carbocycles. The predicted molar refractivity (Wildman–Crippen MR) is 97.8 cm³/mol. The number of hydrogen-bond acceptors (Lipinski definition) is 4. The molecule has 1 heterocycles. The highest BCUT2D eigenvalue weighted by Crippen LogP contribution is 2.33. The number of carboxylic acid groups (broad SMARTS) is 1. The molecule has 0 saturated carbocycles. The van der Waals surface area contributed by atoms with Crippen molar-refractivity contribution in [1.82, 2.24) is 4.31 Å². The fourth-order valence-corrected chi connectivity index (χ4v) is 5.84. The van der Waals surface area contributed by atoms with Gasteiger partial charge in [0.25, 0.3) is 0 Å². The maximum absolute atomic E-state index is 14.2. The second-order valence-electron chi connectivity index (χ2n) is 5.80. The molecule has 138 valence electrons. The van der Waals surface area contributed by atoms with Crippen molar-refractivity contribution in [2.75, 3.05) is 13.1 Å². The topological polar surface area (TPSA) is 74.7 Å². The Morgan fingerprint density at radius 3 is 2.69 bits per heavy atom. The highest BCUT2D eigenvalue weighted by atomic mass is 35.5. The summed E-state index contributed by atoms with van der Waals surface area (Å²) < 4.78 is 40.8. The van der Waals surface area contributed by atoms with E-state index in [1.54, 1.807) is 6.07 Å². The molecule has 1 fully saturated rings. The fraction of sp³-hybridized carbons (Fsp3) is 0.235. The van der Waals surface area contributed by atoms with E-state index in [-0.39, 0.29) is 23.9 Å². The normalized spacial score (nSPS) is 18.2. The summed E-state index contributed by atoms with van der Waals surface area (Å²) >= 11 is 7.49. The molecule has 3 rings (SSSR count). The number of carbonyl (C=O) groups is 1. The third-order valence-electron chi connectivity index (χ3n) is 4.00. The number of halogens is 2. The number of rotatable bonds is 5. The zero-order valence-electron chi connectivity index (χ0n) is 13.4. The van der Waals surface area contributed by atoms with E-state index < -0.39 is 26.7 Å². The van der Waals surface area contributed by atoms with Gasteiger partial charge in [0.2, 0.25) is 10.0 Å². The van der Waals surface area contributed by atoms with Crippen molar-refractivity contribution in [1.29, 1.82) is 0 Å². The van der Waals surface area contributed by atoms with E-state index in [1.807, 2.05) is 18.2 Å². The lowest BCUT2D eigenvalue weighted by Gasteiger charge is -2.17. The van der Waals surface area contributed by atoms with Crippen LogP contribution in [-0.2, 0) is 10.0 Å². The summed E-state index contributed by atoms with van der Waals surface area (Å²) in [5.74, 6) is -2.37. The summed E-state index contributed by atoms with van der Waals surface area (Å²) in [6.07, 6.45) is 0.630. The largest absolute Gasteiger partial charge is 0.478 e. The Kier molecular flexibility index (Phi) is 5.57. The fourth-order valence-electron chi connectivity index (χ4n) is 2.73. The molecular formula is C17H15ClFNO4S2. The Morgan fingerprint density at radius 2 is 2.04 bits per heavy atom. The SMILES string of the molecule is O=C(O)c1ccc(S(=O)(=O)N2CCC(Sc3cccc(Cl)c3)C2)c(F)c1. The second kappa shape index (κ2) is 7.56. The number of thioether (sulfide) groups is 1. The highest BCUT2D eigenvalue weighted by molar-refractivity contribution is 8.00. The van der Waals surface area contributed by atoms with Crippen LogP contribution >= 0.6 is 23.4 Å². The monoisotopic (exact) mass is 415 g/mol. The van der Waals surface area contributed by atoms with Crippen molar-refractivity contribution in [2.45, 2.75) is 21.5 Å². The van der Waals surface area contributed by atoms with Crippen LogP contribution in [0.2, 0.25) is 5.02 Å². The van der Waals surface area contributed by atoms with Crippen LogP contribution < -0.4 is 0 Å². The molecule has 1 aliphatic rings. The molecule has 0 spiro atoms. The van der Waals surface area contributed by atoms with E-state index in [2.05, 4.69) is 0 Å². The van der Waals surface area contributed by atoms with E-state index >= 15 is 0 Å². The molecule has 5 nitrogen and oxygen atoms in total. The Balaban J connectivity index is 1.76. The lowest BCUT2D eigenvalue weighted by molar-refractivity contribution is 0.0696. The first-order valence-corrected chi connectivity index (χ1v) is 10.4. The maximum Gasteiger partial charge on any atom is 0.335 e. The average molecular weight is 416 g/mol. The smallest absolute Gasteiger partial charge is 0.335 e. The number of aromatic carboxylic acids is 1. The highest BCUT2D eigenvalue weighted by Gasteiger charge is 2.34. The van der Waals surface area contributed by atoms with Gasteiger partial charge in [-0.15, -0.1) is 11.8 Å². The van der Waals surface area contributed by atoms with Crippen LogP contribution in [0, 0.1) is 5.82 Å². The van der Waals surface area contributed by atoms with E-state index in [9.17, 15) is 17.6 Å². The van der Waals surface area contributed by atoms with Crippen LogP contribution in [0.25, 0.3) is 0 Å². The number of sulfonamides is 1. The van der Waals surface area contributed by atoms with Crippen molar-refractivity contribution in [3.63, 3.8) is 0 Å². The third kappa shape index (κ3) is 4.03. The number of nitrogens with zero attached hydrogens (tertiary/aromatic N) is 1. The predicted octanol–water partition coefficient (Wildman–Crippen LogP) is 3.73. The van der Waals surface area contributed by atoms with E-state index in [1.165, 1.54) is 16.1 Å². The van der Waals surface area contributed by atoms with Crippen LogP contribution in [0.5, 0.6) is 0 Å². The molecular weight excluding hydrogens is 401 g/mol. The first-order valence-electron chi connectivity index (χ1n) is 7.72. The molecule has 0 bridgehead atoms. The van der Waals surface area contributed by atoms with Crippen LogP contribution in [0.4, 0.5) is 4.39 Å². The van der Waals surface area contributed by atoms with Crippen molar-refractivity contribution in [3.05, 3.63) is 58.9 Å². The minimum absolute atomic E-state index is 0.0320. The maximum atomic E-state index is 14.2. The van der Waals surface area contributed by atoms with Crippen molar-refractivity contribution in [2.24, 2.45) is 0 Å². The Bertz CT molecular complexity index is 952. The average Bonchev–Trinajstić information content (AvgIpc) is 3.03. The summed E-state index contributed by atoms with van der Waals surface area (Å²) in [6, 6.07) is 10.1. The molecule has 0 aromatic heterocycles. The Labute approximate surface area is 159 Å². The first-order chi connectivity index (χ1) is 12.3. The Hall–Kier alpha value is -1.61.